The summed E-state index contributed by atoms with van der Waals surface area (Å²) < 4.78 is 67.3. The summed E-state index contributed by atoms with van der Waals surface area (Å²) in [5.74, 6) is 0. The summed E-state index contributed by atoms with van der Waals surface area (Å²) in [7, 11) is -1.41. The Morgan fingerprint density at radius 3 is 1.93 bits per heavy atom. The van der Waals surface area contributed by atoms with E-state index in [-0.39, 0.29) is 16.1 Å². The van der Waals surface area contributed by atoms with Crippen LogP contribution >= 0.6 is 0 Å². The van der Waals surface area contributed by atoms with Crippen molar-refractivity contribution in [1.82, 2.24) is 9.13 Å². The number of fused-ring (bicyclic) bond motifs is 1. The number of hydrogen-bond donors (Lipinski definition) is 1. The summed E-state index contributed by atoms with van der Waals surface area (Å²) in [4.78, 5) is 23.6. The lowest BCUT2D eigenvalue weighted by molar-refractivity contribution is -0.137. The highest BCUT2D eigenvalue weighted by Crippen LogP contribution is 2.30. The Kier molecular flexibility index (Phi) is 4.58. The zero-order valence-electron chi connectivity index (χ0n) is 14.6. The Balaban J connectivity index is 2.04. The average molecular weight is 413 g/mol. The molecule has 0 saturated heterocycles. The smallest absolute Gasteiger partial charge is 0.305 e. The molecule has 7 nitrogen and oxygen atoms in total. The fraction of sp³-hybridized carbons (Fsp3) is 0.176. The third-order valence-corrected chi connectivity index (χ3v) is 5.62. The van der Waals surface area contributed by atoms with Crippen molar-refractivity contribution in [3.8, 4) is 0 Å². The standard InChI is InChI=1S/C17H14F3N3O4S/c1-22-13-8-7-12(9-14(13)23(2)16(25)15(22)24)28(26,27)21-11-5-3-10(4-6-11)17(18,19)20/h3-9,21H,1-2H3. The second-order valence-corrected chi connectivity index (χ2v) is 7.74. The molecule has 0 aliphatic heterocycles. The van der Waals surface area contributed by atoms with E-state index in [9.17, 15) is 31.2 Å². The second kappa shape index (κ2) is 6.51. The Bertz CT molecular complexity index is 1290. The Labute approximate surface area is 156 Å². The maximum Gasteiger partial charge on any atom is 0.416 e. The number of halogens is 3. The van der Waals surface area contributed by atoms with E-state index in [1.54, 1.807) is 0 Å². The fourth-order valence-corrected chi connectivity index (χ4v) is 3.75. The van der Waals surface area contributed by atoms with E-state index in [0.29, 0.717) is 5.52 Å². The molecule has 148 valence electrons. The van der Waals surface area contributed by atoms with E-state index in [4.69, 9.17) is 0 Å². The molecule has 0 aliphatic rings. The number of hydrogen-bond acceptors (Lipinski definition) is 4. The number of sulfonamides is 1. The van der Waals surface area contributed by atoms with Gasteiger partial charge in [-0.25, -0.2) is 8.42 Å². The predicted molar refractivity (Wildman–Crippen MR) is 96.7 cm³/mol. The quantitative estimate of drug-likeness (QED) is 0.666. The maximum atomic E-state index is 12.6. The number of aromatic nitrogens is 2. The van der Waals surface area contributed by atoms with Crippen molar-refractivity contribution < 1.29 is 21.6 Å². The van der Waals surface area contributed by atoms with Crippen LogP contribution in [0.5, 0.6) is 0 Å². The minimum absolute atomic E-state index is 0.0533. The molecule has 0 atom stereocenters. The van der Waals surface area contributed by atoms with E-state index >= 15 is 0 Å². The van der Waals surface area contributed by atoms with Gasteiger partial charge in [0.05, 0.1) is 21.5 Å². The molecule has 0 radical (unpaired) electrons. The molecule has 0 aliphatic carbocycles. The Hall–Kier alpha value is -3.08. The zero-order chi connectivity index (χ0) is 20.9. The first kappa shape index (κ1) is 19.7. The van der Waals surface area contributed by atoms with Gasteiger partial charge in [-0.2, -0.15) is 13.2 Å². The molecule has 0 spiro atoms. The van der Waals surface area contributed by atoms with E-state index in [2.05, 4.69) is 4.72 Å². The molecule has 0 amide bonds. The molecular formula is C17H14F3N3O4S. The van der Waals surface area contributed by atoms with Gasteiger partial charge in [-0.3, -0.25) is 14.3 Å². The molecule has 0 saturated carbocycles. The van der Waals surface area contributed by atoms with E-state index in [1.165, 1.54) is 32.3 Å². The lowest BCUT2D eigenvalue weighted by atomic mass is 10.2. The Morgan fingerprint density at radius 2 is 1.39 bits per heavy atom. The molecular weight excluding hydrogens is 399 g/mol. The third-order valence-electron chi connectivity index (χ3n) is 4.24. The first-order chi connectivity index (χ1) is 12.9. The molecule has 1 heterocycles. The zero-order valence-corrected chi connectivity index (χ0v) is 15.4. The third kappa shape index (κ3) is 3.40. The summed E-state index contributed by atoms with van der Waals surface area (Å²) in [6, 6.07) is 7.34. The van der Waals surface area contributed by atoms with Crippen molar-refractivity contribution in [3.05, 3.63) is 68.7 Å². The van der Waals surface area contributed by atoms with E-state index < -0.39 is 32.9 Å². The number of aryl methyl sites for hydroxylation is 2. The predicted octanol–water partition coefficient (Wildman–Crippen LogP) is 2.06. The highest BCUT2D eigenvalue weighted by atomic mass is 32.2. The first-order valence-electron chi connectivity index (χ1n) is 7.82. The van der Waals surface area contributed by atoms with Crippen LogP contribution in [0.15, 0.2) is 56.9 Å². The normalized spacial score (nSPS) is 12.3. The van der Waals surface area contributed by atoms with Crippen LogP contribution in [0, 0.1) is 0 Å². The van der Waals surface area contributed by atoms with Crippen LogP contribution in [0.4, 0.5) is 18.9 Å². The molecule has 0 fully saturated rings. The molecule has 3 rings (SSSR count). The lowest BCUT2D eigenvalue weighted by Gasteiger charge is -2.13. The fourth-order valence-electron chi connectivity index (χ4n) is 2.67. The lowest BCUT2D eigenvalue weighted by Crippen LogP contribution is -2.39. The summed E-state index contributed by atoms with van der Waals surface area (Å²) in [6.45, 7) is 0. The van der Waals surface area contributed by atoms with Crippen LogP contribution in [0.1, 0.15) is 5.56 Å². The van der Waals surface area contributed by atoms with Crippen molar-refractivity contribution in [2.24, 2.45) is 14.1 Å². The average Bonchev–Trinajstić information content (AvgIpc) is 2.63. The number of nitrogens with zero attached hydrogens (tertiary/aromatic N) is 2. The summed E-state index contributed by atoms with van der Waals surface area (Å²) in [5, 5.41) is 0. The molecule has 11 heteroatoms. The molecule has 28 heavy (non-hydrogen) atoms. The van der Waals surface area contributed by atoms with Gasteiger partial charge >= 0.3 is 17.3 Å². The van der Waals surface area contributed by atoms with Crippen LogP contribution < -0.4 is 15.8 Å². The van der Waals surface area contributed by atoms with Gasteiger partial charge in [0.25, 0.3) is 10.0 Å². The molecule has 0 bridgehead atoms. The largest absolute Gasteiger partial charge is 0.416 e. The minimum Gasteiger partial charge on any atom is -0.305 e. The SMILES string of the molecule is Cn1c(=O)c(=O)n(C)c2cc(S(=O)(=O)Nc3ccc(C(F)(F)F)cc3)ccc21. The van der Waals surface area contributed by atoms with Crippen molar-refractivity contribution in [2.45, 2.75) is 11.1 Å². The van der Waals surface area contributed by atoms with Gasteiger partial charge in [0.2, 0.25) is 0 Å². The first-order valence-corrected chi connectivity index (χ1v) is 9.30. The van der Waals surface area contributed by atoms with Crippen molar-refractivity contribution in [3.63, 3.8) is 0 Å². The van der Waals surface area contributed by atoms with Crippen molar-refractivity contribution in [1.29, 1.82) is 0 Å². The van der Waals surface area contributed by atoms with Crippen LogP contribution in [0.3, 0.4) is 0 Å². The summed E-state index contributed by atoms with van der Waals surface area (Å²) in [6.07, 6.45) is -4.53. The van der Waals surface area contributed by atoms with Gasteiger partial charge in [-0.15, -0.1) is 0 Å². The van der Waals surface area contributed by atoms with Crippen LogP contribution in [-0.4, -0.2) is 17.6 Å². The van der Waals surface area contributed by atoms with Crippen LogP contribution in [0.25, 0.3) is 11.0 Å². The second-order valence-electron chi connectivity index (χ2n) is 6.06. The number of alkyl halides is 3. The molecule has 0 unspecified atom stereocenters. The highest BCUT2D eigenvalue weighted by molar-refractivity contribution is 7.92. The molecule has 3 aromatic rings. The van der Waals surface area contributed by atoms with Crippen molar-refractivity contribution in [2.75, 3.05) is 4.72 Å². The molecule has 1 N–H and O–H groups in total. The van der Waals surface area contributed by atoms with Gasteiger partial charge in [0.1, 0.15) is 0 Å². The molecule has 1 aromatic heterocycles. The maximum absolute atomic E-state index is 12.6. The number of anilines is 1. The summed E-state index contributed by atoms with van der Waals surface area (Å²) in [5.41, 5.74) is -1.98. The number of rotatable bonds is 3. The van der Waals surface area contributed by atoms with Crippen LogP contribution in [0.2, 0.25) is 0 Å². The van der Waals surface area contributed by atoms with Gasteiger partial charge in [0.15, 0.2) is 0 Å². The summed E-state index contributed by atoms with van der Waals surface area (Å²) >= 11 is 0. The van der Waals surface area contributed by atoms with Crippen LogP contribution in [-0.2, 0) is 30.3 Å². The monoisotopic (exact) mass is 413 g/mol. The highest BCUT2D eigenvalue weighted by Gasteiger charge is 2.30. The van der Waals surface area contributed by atoms with Crippen molar-refractivity contribution >= 4 is 26.7 Å². The van der Waals surface area contributed by atoms with E-state index in [1.807, 2.05) is 0 Å². The van der Waals surface area contributed by atoms with Gasteiger partial charge < -0.3 is 9.13 Å². The topological polar surface area (TPSA) is 90.2 Å². The van der Waals surface area contributed by atoms with Gasteiger partial charge in [-0.05, 0) is 42.5 Å². The van der Waals surface area contributed by atoms with Gasteiger partial charge in [-0.1, -0.05) is 0 Å². The number of benzene rings is 2. The van der Waals surface area contributed by atoms with E-state index in [0.717, 1.165) is 33.4 Å². The number of nitrogens with one attached hydrogen (secondary N) is 1. The van der Waals surface area contributed by atoms with Gasteiger partial charge in [0, 0.05) is 19.8 Å². The Morgan fingerprint density at radius 1 is 0.857 bits per heavy atom. The minimum atomic E-state index is -4.53. The molecule has 2 aromatic carbocycles.